The fourth-order valence-corrected chi connectivity index (χ4v) is 1.98. The van der Waals surface area contributed by atoms with Crippen molar-refractivity contribution in [3.8, 4) is 17.6 Å². The molecule has 0 radical (unpaired) electrons. The Morgan fingerprint density at radius 2 is 2.00 bits per heavy atom. The van der Waals surface area contributed by atoms with Crippen molar-refractivity contribution in [2.45, 2.75) is 6.61 Å². The van der Waals surface area contributed by atoms with Gasteiger partial charge in [-0.3, -0.25) is 0 Å². The molecule has 23 heavy (non-hydrogen) atoms. The summed E-state index contributed by atoms with van der Waals surface area (Å²) < 4.78 is 10.3. The van der Waals surface area contributed by atoms with Crippen LogP contribution in [0.1, 0.15) is 11.1 Å². The summed E-state index contributed by atoms with van der Waals surface area (Å²) in [6.45, 7) is 0.394. The zero-order valence-corrected chi connectivity index (χ0v) is 13.4. The summed E-state index contributed by atoms with van der Waals surface area (Å²) in [5.41, 5.74) is 1.59. The summed E-state index contributed by atoms with van der Waals surface area (Å²) in [5, 5.41) is 3.14. The molecule has 0 fully saturated rings. The number of nitrogens with one attached hydrogen (secondary N) is 1. The molecule has 0 aliphatic carbocycles. The summed E-state index contributed by atoms with van der Waals surface area (Å²) in [7, 11) is 1.56. The van der Waals surface area contributed by atoms with E-state index in [9.17, 15) is 4.79 Å². The zero-order chi connectivity index (χ0) is 16.5. The third kappa shape index (κ3) is 5.57. The lowest BCUT2D eigenvalue weighted by molar-refractivity contribution is 0.141. The Labute approximate surface area is 140 Å². The van der Waals surface area contributed by atoms with Gasteiger partial charge in [0.1, 0.15) is 12.4 Å². The molecule has 4 nitrogen and oxygen atoms in total. The van der Waals surface area contributed by atoms with Crippen molar-refractivity contribution in [1.82, 2.24) is 5.32 Å². The van der Waals surface area contributed by atoms with E-state index in [0.717, 1.165) is 5.56 Å². The van der Waals surface area contributed by atoms with Gasteiger partial charge in [0.25, 0.3) is 0 Å². The van der Waals surface area contributed by atoms with E-state index in [2.05, 4.69) is 17.2 Å². The average Bonchev–Trinajstić information content (AvgIpc) is 2.58. The molecule has 0 aliphatic heterocycles. The lowest BCUT2D eigenvalue weighted by Crippen LogP contribution is -2.24. The maximum atomic E-state index is 11.6. The van der Waals surface area contributed by atoms with Crippen LogP contribution in [-0.2, 0) is 11.3 Å². The van der Waals surface area contributed by atoms with Crippen LogP contribution in [0.3, 0.4) is 0 Å². The molecule has 0 bridgehead atoms. The van der Waals surface area contributed by atoms with Crippen molar-refractivity contribution in [3.05, 3.63) is 64.7 Å². The molecular formula is C18H16ClNO3. The number of hydrogen-bond acceptors (Lipinski definition) is 3. The van der Waals surface area contributed by atoms with Gasteiger partial charge in [-0.15, -0.1) is 0 Å². The Bertz CT molecular complexity index is 720. The second kappa shape index (κ2) is 8.72. The van der Waals surface area contributed by atoms with Crippen molar-refractivity contribution < 1.29 is 14.3 Å². The van der Waals surface area contributed by atoms with Gasteiger partial charge in [-0.25, -0.2) is 4.79 Å². The number of ether oxygens (including phenoxy) is 2. The Morgan fingerprint density at radius 3 is 2.74 bits per heavy atom. The van der Waals surface area contributed by atoms with E-state index in [-0.39, 0.29) is 13.2 Å². The van der Waals surface area contributed by atoms with Gasteiger partial charge in [-0.2, -0.15) is 0 Å². The quantitative estimate of drug-likeness (QED) is 0.871. The normalized spacial score (nSPS) is 9.48. The molecule has 1 amide bonds. The Hall–Kier alpha value is -2.64. The fourth-order valence-electron chi connectivity index (χ4n) is 1.81. The summed E-state index contributed by atoms with van der Waals surface area (Å²) >= 11 is 5.92. The molecule has 1 N–H and O–H groups in total. The average molecular weight is 330 g/mol. The molecule has 2 aromatic rings. The lowest BCUT2D eigenvalue weighted by Gasteiger charge is -2.05. The molecule has 0 unspecified atom stereocenters. The molecule has 0 heterocycles. The fraction of sp³-hybridized carbons (Fsp3) is 0.167. The number of halogens is 1. The molecule has 5 heteroatoms. The number of amides is 1. The second-order valence-electron chi connectivity index (χ2n) is 4.56. The number of carbonyl (C=O) groups is 1. The van der Waals surface area contributed by atoms with Gasteiger partial charge in [0, 0.05) is 5.02 Å². The minimum atomic E-state index is -0.513. The molecule has 0 atom stereocenters. The minimum absolute atomic E-state index is 0.170. The molecule has 0 spiro atoms. The van der Waals surface area contributed by atoms with Crippen LogP contribution in [0.2, 0.25) is 5.02 Å². The number of hydrogen-bond donors (Lipinski definition) is 1. The Balaban J connectivity index is 1.81. The predicted octanol–water partition coefficient (Wildman–Crippen LogP) is 3.63. The van der Waals surface area contributed by atoms with Gasteiger partial charge in [-0.1, -0.05) is 53.8 Å². The first-order chi connectivity index (χ1) is 11.2. The van der Waals surface area contributed by atoms with E-state index in [1.54, 1.807) is 25.3 Å². The monoisotopic (exact) mass is 329 g/mol. The van der Waals surface area contributed by atoms with Gasteiger partial charge < -0.3 is 14.8 Å². The van der Waals surface area contributed by atoms with Crippen LogP contribution < -0.4 is 10.1 Å². The molecule has 2 aromatic carbocycles. The van der Waals surface area contributed by atoms with Gasteiger partial charge in [0.15, 0.2) is 0 Å². The van der Waals surface area contributed by atoms with Crippen molar-refractivity contribution in [3.63, 3.8) is 0 Å². The van der Waals surface area contributed by atoms with Crippen LogP contribution in [0.15, 0.2) is 48.5 Å². The summed E-state index contributed by atoms with van der Waals surface area (Å²) in [4.78, 5) is 11.6. The van der Waals surface area contributed by atoms with Crippen molar-refractivity contribution in [2.24, 2.45) is 0 Å². The second-order valence-corrected chi connectivity index (χ2v) is 5.00. The SMILES string of the molecule is COc1ccc(Cl)cc1C#CCNC(=O)OCc1ccccc1. The van der Waals surface area contributed by atoms with Gasteiger partial charge in [0.2, 0.25) is 0 Å². The van der Waals surface area contributed by atoms with E-state index in [4.69, 9.17) is 21.1 Å². The third-order valence-electron chi connectivity index (χ3n) is 2.92. The number of alkyl carbamates (subject to hydrolysis) is 1. The first kappa shape index (κ1) is 16.7. The smallest absolute Gasteiger partial charge is 0.408 e. The van der Waals surface area contributed by atoms with E-state index in [1.165, 1.54) is 0 Å². The number of benzene rings is 2. The van der Waals surface area contributed by atoms with Crippen LogP contribution in [0.4, 0.5) is 4.79 Å². The highest BCUT2D eigenvalue weighted by atomic mass is 35.5. The first-order valence-corrected chi connectivity index (χ1v) is 7.34. The van der Waals surface area contributed by atoms with Crippen molar-refractivity contribution >= 4 is 17.7 Å². The van der Waals surface area contributed by atoms with Gasteiger partial charge >= 0.3 is 6.09 Å². The van der Waals surface area contributed by atoms with Gasteiger partial charge in [0.05, 0.1) is 19.2 Å². The molecule has 2 rings (SSSR count). The van der Waals surface area contributed by atoms with Crippen LogP contribution >= 0.6 is 11.6 Å². The largest absolute Gasteiger partial charge is 0.495 e. The van der Waals surface area contributed by atoms with Crippen molar-refractivity contribution in [1.29, 1.82) is 0 Å². The van der Waals surface area contributed by atoms with E-state index >= 15 is 0 Å². The predicted molar refractivity (Wildman–Crippen MR) is 89.5 cm³/mol. The summed E-state index contributed by atoms with van der Waals surface area (Å²) in [6.07, 6.45) is -0.513. The zero-order valence-electron chi connectivity index (χ0n) is 12.6. The van der Waals surface area contributed by atoms with Gasteiger partial charge in [-0.05, 0) is 23.8 Å². The first-order valence-electron chi connectivity index (χ1n) is 6.96. The topological polar surface area (TPSA) is 47.6 Å². The number of rotatable bonds is 4. The van der Waals surface area contributed by atoms with E-state index in [1.807, 2.05) is 30.3 Å². The number of methoxy groups -OCH3 is 1. The molecule has 0 saturated heterocycles. The van der Waals surface area contributed by atoms with Crippen LogP contribution in [0, 0.1) is 11.8 Å². The molecule has 118 valence electrons. The molecular weight excluding hydrogens is 314 g/mol. The summed E-state index contributed by atoms with van der Waals surface area (Å²) in [5.74, 6) is 6.37. The Morgan fingerprint density at radius 1 is 1.22 bits per heavy atom. The highest BCUT2D eigenvalue weighted by Gasteiger charge is 2.02. The standard InChI is InChI=1S/C18H16ClNO3/c1-22-17-10-9-16(19)12-15(17)8-5-11-20-18(21)23-13-14-6-3-2-4-7-14/h2-4,6-7,9-10,12H,11,13H2,1H3,(H,20,21). The van der Waals surface area contributed by atoms with Crippen LogP contribution in [0.25, 0.3) is 0 Å². The maximum absolute atomic E-state index is 11.6. The number of carbonyl (C=O) groups excluding carboxylic acids is 1. The summed E-state index contributed by atoms with van der Waals surface area (Å²) in [6, 6.07) is 14.6. The highest BCUT2D eigenvalue weighted by molar-refractivity contribution is 6.30. The lowest BCUT2D eigenvalue weighted by atomic mass is 10.2. The molecule has 0 saturated carbocycles. The van der Waals surface area contributed by atoms with E-state index < -0.39 is 6.09 Å². The van der Waals surface area contributed by atoms with Crippen LogP contribution in [-0.4, -0.2) is 19.7 Å². The minimum Gasteiger partial charge on any atom is -0.495 e. The van der Waals surface area contributed by atoms with Crippen LogP contribution in [0.5, 0.6) is 5.75 Å². The third-order valence-corrected chi connectivity index (χ3v) is 3.15. The highest BCUT2D eigenvalue weighted by Crippen LogP contribution is 2.21. The van der Waals surface area contributed by atoms with E-state index in [0.29, 0.717) is 16.3 Å². The molecule has 0 aromatic heterocycles. The van der Waals surface area contributed by atoms with Crippen molar-refractivity contribution in [2.75, 3.05) is 13.7 Å². The molecule has 0 aliphatic rings. The Kier molecular flexibility index (Phi) is 6.34. The maximum Gasteiger partial charge on any atom is 0.408 e.